The van der Waals surface area contributed by atoms with Crippen molar-refractivity contribution in [2.24, 2.45) is 5.41 Å². The third kappa shape index (κ3) is 3.16. The summed E-state index contributed by atoms with van der Waals surface area (Å²) in [5.74, 6) is 0.312. The topological polar surface area (TPSA) is 42.0 Å². The summed E-state index contributed by atoms with van der Waals surface area (Å²) < 4.78 is 1.06. The molecule has 5 heteroatoms. The Balaban J connectivity index is 1.24. The number of carbonyl (C=O) groups is 1. The fraction of sp³-hybridized carbons (Fsp3) is 0.161. The maximum Gasteiger partial charge on any atom is 0.233 e. The molecule has 1 aromatic heterocycles. The smallest absolute Gasteiger partial charge is 0.233 e. The highest BCUT2D eigenvalue weighted by molar-refractivity contribution is 9.10. The summed E-state index contributed by atoms with van der Waals surface area (Å²) in [6, 6.07) is 29.7. The lowest BCUT2D eigenvalue weighted by molar-refractivity contribution is -0.126. The Bertz CT molecular complexity index is 1630. The van der Waals surface area contributed by atoms with Crippen LogP contribution in [0.1, 0.15) is 47.4 Å². The number of amides is 1. The molecule has 1 N–H and O–H groups in total. The Kier molecular flexibility index (Phi) is 4.95. The summed E-state index contributed by atoms with van der Waals surface area (Å²) in [5.41, 5.74) is 6.69. The van der Waals surface area contributed by atoms with Crippen LogP contribution in [0, 0.1) is 5.41 Å². The lowest BCUT2D eigenvalue weighted by atomic mass is 9.52. The zero-order chi connectivity index (χ0) is 24.4. The number of carbonyl (C=O) groups excluding carboxylic acids is 1. The quantitative estimate of drug-likeness (QED) is 0.245. The lowest BCUT2D eigenvalue weighted by Crippen LogP contribution is -2.47. The first kappa shape index (κ1) is 22.0. The normalized spacial score (nSPS) is 21.7. The van der Waals surface area contributed by atoms with Crippen LogP contribution in [0.3, 0.4) is 0 Å². The summed E-state index contributed by atoms with van der Waals surface area (Å²) in [6.07, 6.45) is 0.799. The van der Waals surface area contributed by atoms with E-state index in [1.54, 1.807) is 0 Å². The molecule has 3 aliphatic rings. The molecule has 1 atom stereocenters. The van der Waals surface area contributed by atoms with E-state index in [1.807, 2.05) is 17.5 Å². The molecule has 4 aromatic carbocycles. The molecule has 36 heavy (non-hydrogen) atoms. The largest absolute Gasteiger partial charge is 0.301 e. The molecule has 0 radical (unpaired) electrons. The van der Waals surface area contributed by atoms with Gasteiger partial charge in [-0.15, -0.1) is 11.3 Å². The van der Waals surface area contributed by atoms with E-state index in [4.69, 9.17) is 4.98 Å². The highest BCUT2D eigenvalue weighted by atomic mass is 79.9. The Morgan fingerprint density at radius 1 is 0.889 bits per heavy atom. The minimum absolute atomic E-state index is 0.0322. The van der Waals surface area contributed by atoms with Crippen LogP contribution in [0.25, 0.3) is 22.0 Å². The first-order chi connectivity index (χ1) is 17.5. The van der Waals surface area contributed by atoms with Gasteiger partial charge in [0.2, 0.25) is 5.91 Å². The number of fused-ring (bicyclic) bond motifs is 2. The molecule has 2 bridgehead atoms. The van der Waals surface area contributed by atoms with Gasteiger partial charge in [0.1, 0.15) is 0 Å². The fourth-order valence-corrected chi connectivity index (χ4v) is 7.55. The predicted molar refractivity (Wildman–Crippen MR) is 151 cm³/mol. The van der Waals surface area contributed by atoms with E-state index in [-0.39, 0.29) is 17.7 Å². The summed E-state index contributed by atoms with van der Waals surface area (Å²) in [4.78, 5) is 18.8. The number of anilines is 1. The van der Waals surface area contributed by atoms with Crippen molar-refractivity contribution in [2.45, 2.75) is 25.2 Å². The number of hydrogen-bond donors (Lipinski definition) is 1. The fourth-order valence-electron chi connectivity index (χ4n) is 6.37. The maximum atomic E-state index is 14.0. The van der Waals surface area contributed by atoms with E-state index < -0.39 is 5.41 Å². The average molecular weight is 552 g/mol. The number of hydrogen-bond acceptors (Lipinski definition) is 3. The van der Waals surface area contributed by atoms with Crippen LogP contribution in [-0.4, -0.2) is 10.9 Å². The first-order valence-electron chi connectivity index (χ1n) is 12.2. The van der Waals surface area contributed by atoms with Gasteiger partial charge in [-0.1, -0.05) is 94.8 Å². The molecule has 1 heterocycles. The van der Waals surface area contributed by atoms with E-state index in [2.05, 4.69) is 101 Å². The summed E-state index contributed by atoms with van der Waals surface area (Å²) >= 11 is 5.14. The standard InChI is InChI=1S/C31H23BrN2OS/c1-31(16-25-19-9-3-6-12-23(19)28(31)24-13-7-4-10-20(24)25)29(35)34-30-33-27(17-36-30)22-14-15-26(32)21-11-5-2-8-18(21)22/h2-15,17,25,28H,16H2,1H3,(H,33,34,35). The van der Waals surface area contributed by atoms with Gasteiger partial charge in [0.05, 0.1) is 11.1 Å². The number of benzene rings is 4. The van der Waals surface area contributed by atoms with Gasteiger partial charge in [0.15, 0.2) is 5.13 Å². The van der Waals surface area contributed by atoms with Gasteiger partial charge in [-0.05, 0) is 52.4 Å². The van der Waals surface area contributed by atoms with Crippen LogP contribution in [0.4, 0.5) is 5.13 Å². The van der Waals surface area contributed by atoms with Gasteiger partial charge in [0, 0.05) is 27.3 Å². The SMILES string of the molecule is CC1(C(=O)Nc2nc(-c3ccc(Br)c4ccccc34)cs2)CC2c3ccccc3C1c1ccccc12. The Labute approximate surface area is 222 Å². The summed E-state index contributed by atoms with van der Waals surface area (Å²) in [5, 5.41) is 8.17. The Hall–Kier alpha value is -3.28. The second kappa shape index (κ2) is 8.12. The van der Waals surface area contributed by atoms with Crippen molar-refractivity contribution >= 4 is 49.1 Å². The molecule has 0 saturated carbocycles. The van der Waals surface area contributed by atoms with Crippen LogP contribution in [0.2, 0.25) is 0 Å². The number of thiazole rings is 1. The third-order valence-electron chi connectivity index (χ3n) is 8.02. The first-order valence-corrected chi connectivity index (χ1v) is 13.8. The number of aromatic nitrogens is 1. The molecule has 0 fully saturated rings. The van der Waals surface area contributed by atoms with Crippen molar-refractivity contribution in [3.8, 4) is 11.3 Å². The number of nitrogens with one attached hydrogen (secondary N) is 1. The molecule has 1 unspecified atom stereocenters. The van der Waals surface area contributed by atoms with Crippen molar-refractivity contribution < 1.29 is 4.79 Å². The molecule has 3 aliphatic carbocycles. The molecule has 0 spiro atoms. The highest BCUT2D eigenvalue weighted by Gasteiger charge is 2.53. The minimum Gasteiger partial charge on any atom is -0.301 e. The van der Waals surface area contributed by atoms with Crippen molar-refractivity contribution in [1.82, 2.24) is 4.98 Å². The second-order valence-corrected chi connectivity index (χ2v) is 11.7. The van der Waals surface area contributed by atoms with Gasteiger partial charge >= 0.3 is 0 Å². The second-order valence-electron chi connectivity index (χ2n) is 10.00. The molecular weight excluding hydrogens is 528 g/mol. The zero-order valence-electron chi connectivity index (χ0n) is 19.7. The van der Waals surface area contributed by atoms with E-state index in [9.17, 15) is 4.79 Å². The van der Waals surface area contributed by atoms with Crippen LogP contribution in [0.15, 0.2) is 94.8 Å². The van der Waals surface area contributed by atoms with E-state index in [0.717, 1.165) is 32.9 Å². The molecule has 5 aromatic rings. The lowest BCUT2D eigenvalue weighted by Gasteiger charge is -2.50. The predicted octanol–water partition coefficient (Wildman–Crippen LogP) is 8.35. The zero-order valence-corrected chi connectivity index (χ0v) is 22.1. The molecule has 176 valence electrons. The molecular formula is C31H23BrN2OS. The average Bonchev–Trinajstić information content (AvgIpc) is 3.37. The Morgan fingerprint density at radius 3 is 2.19 bits per heavy atom. The van der Waals surface area contributed by atoms with Crippen molar-refractivity contribution in [2.75, 3.05) is 5.32 Å². The molecule has 8 rings (SSSR count). The Morgan fingerprint density at radius 2 is 1.50 bits per heavy atom. The van der Waals surface area contributed by atoms with E-state index in [1.165, 1.54) is 33.6 Å². The number of rotatable bonds is 3. The van der Waals surface area contributed by atoms with E-state index in [0.29, 0.717) is 5.13 Å². The summed E-state index contributed by atoms with van der Waals surface area (Å²) in [6.45, 7) is 2.13. The van der Waals surface area contributed by atoms with Crippen molar-refractivity contribution in [1.29, 1.82) is 0 Å². The monoisotopic (exact) mass is 550 g/mol. The molecule has 3 nitrogen and oxygen atoms in total. The molecule has 1 amide bonds. The van der Waals surface area contributed by atoms with Crippen molar-refractivity contribution in [3.63, 3.8) is 0 Å². The van der Waals surface area contributed by atoms with Gasteiger partial charge in [-0.3, -0.25) is 4.79 Å². The van der Waals surface area contributed by atoms with Crippen molar-refractivity contribution in [3.05, 3.63) is 117 Å². The van der Waals surface area contributed by atoms with Gasteiger partial charge in [-0.25, -0.2) is 4.98 Å². The van der Waals surface area contributed by atoms with Crippen LogP contribution in [-0.2, 0) is 4.79 Å². The van der Waals surface area contributed by atoms with Gasteiger partial charge in [0.25, 0.3) is 0 Å². The van der Waals surface area contributed by atoms with E-state index >= 15 is 0 Å². The highest BCUT2D eigenvalue weighted by Crippen LogP contribution is 2.61. The van der Waals surface area contributed by atoms with Gasteiger partial charge < -0.3 is 5.32 Å². The van der Waals surface area contributed by atoms with Gasteiger partial charge in [-0.2, -0.15) is 0 Å². The van der Waals surface area contributed by atoms with Crippen LogP contribution in [0.5, 0.6) is 0 Å². The third-order valence-corrected chi connectivity index (χ3v) is 9.47. The minimum atomic E-state index is -0.552. The molecule has 0 aliphatic heterocycles. The molecule has 0 saturated heterocycles. The number of halogens is 1. The summed E-state index contributed by atoms with van der Waals surface area (Å²) in [7, 11) is 0. The van der Waals surface area contributed by atoms with Crippen LogP contribution < -0.4 is 5.32 Å². The van der Waals surface area contributed by atoms with Crippen LogP contribution >= 0.6 is 27.3 Å². The number of nitrogens with zero attached hydrogens (tertiary/aromatic N) is 1. The maximum absolute atomic E-state index is 14.0.